The Hall–Kier alpha value is -10.8. The average Bonchev–Trinajstić information content (AvgIpc) is 0.824. The molecule has 2 N–H and O–H groups in total. The number of ether oxygens (including phenoxy) is 4. The van der Waals surface area contributed by atoms with Gasteiger partial charge in [0.1, 0.15) is 46.3 Å². The number of hydrogen-bond acceptors (Lipinski definition) is 21. The minimum Gasteiger partial charge on any atom is -0.492 e. The summed E-state index contributed by atoms with van der Waals surface area (Å²) in [6.07, 6.45) is 1.09. The van der Waals surface area contributed by atoms with Gasteiger partial charge in [0, 0.05) is 98.2 Å². The first-order valence-corrected chi connectivity index (χ1v) is 41.1. The number of piperazine rings is 3. The van der Waals surface area contributed by atoms with Crippen molar-refractivity contribution in [3.8, 4) is 45.7 Å². The lowest BCUT2D eigenvalue weighted by Gasteiger charge is -2.38. The third-order valence-electron chi connectivity index (χ3n) is 21.7. The molecule has 16 rings (SSSR count). The monoisotopic (exact) mass is 1570 g/mol. The van der Waals surface area contributed by atoms with Crippen molar-refractivity contribution < 1.29 is 24.1 Å². The molecule has 25 heteroatoms. The Morgan fingerprint density at radius 2 is 0.681 bits per heavy atom. The first kappa shape index (κ1) is 83.1. The molecule has 4 aliphatic heterocycles. The third kappa shape index (κ3) is 19.8. The maximum absolute atomic E-state index is 13.6. The molecule has 0 amide bonds. The number of fused-ring (bicyclic) bond motifs is 4. The molecule has 0 radical (unpaired) electrons. The summed E-state index contributed by atoms with van der Waals surface area (Å²) in [5, 5.41) is 15.1. The third-order valence-corrected chi connectivity index (χ3v) is 21.7. The lowest BCUT2D eigenvalue weighted by atomic mass is 10.1. The highest BCUT2D eigenvalue weighted by atomic mass is 16.5. The van der Waals surface area contributed by atoms with Gasteiger partial charge in [-0.15, -0.1) is 0 Å². The van der Waals surface area contributed by atoms with Gasteiger partial charge in [-0.2, -0.15) is 0 Å². The fourth-order valence-electron chi connectivity index (χ4n) is 15.5. The van der Waals surface area contributed by atoms with Crippen LogP contribution >= 0.6 is 0 Å². The topological polar surface area (TPSA) is 231 Å². The Kier molecular flexibility index (Phi) is 29.1. The molecule has 116 heavy (non-hydrogen) atoms. The van der Waals surface area contributed by atoms with Gasteiger partial charge in [0.15, 0.2) is 0 Å². The number of nitrogens with one attached hydrogen (secondary N) is 1. The zero-order chi connectivity index (χ0) is 80.9. The van der Waals surface area contributed by atoms with Crippen molar-refractivity contribution in [2.24, 2.45) is 0 Å². The van der Waals surface area contributed by atoms with Gasteiger partial charge in [-0.3, -0.25) is 61.9 Å². The second kappa shape index (κ2) is 40.6. The van der Waals surface area contributed by atoms with Crippen LogP contribution in [0.3, 0.4) is 0 Å². The van der Waals surface area contributed by atoms with Crippen LogP contribution in [0.4, 0.5) is 0 Å². The Labute approximate surface area is 678 Å². The van der Waals surface area contributed by atoms with Crippen LogP contribution in [0.25, 0.3) is 66.4 Å². The first-order chi connectivity index (χ1) is 56.8. The number of nitrogens with zero attached hydrogens (tertiary/aromatic N) is 15. The number of para-hydroxylation sites is 12. The Morgan fingerprint density at radius 1 is 0.362 bits per heavy atom. The number of aromatic nitrogens is 8. The fourth-order valence-corrected chi connectivity index (χ4v) is 15.5. The van der Waals surface area contributed by atoms with Crippen molar-refractivity contribution in [3.05, 3.63) is 259 Å². The lowest BCUT2D eigenvalue weighted by molar-refractivity contribution is 0.0854. The minimum atomic E-state index is -0.0847. The standard InChI is InChI=1S/C24H30N4O3.C23H28N4O2.2C22H26N4O2/c1-3-31-22-11-7-6-10-21(22)28-23(25-20-9-5-4-8-19(20)24(28)30)18(2)27-14-12-26(13-15-27)16-17-29;1-3-25-13-15-26(16-14-25)17-22-24-19-10-6-5-9-18(19)23(28)27(22)20-11-7-8-12-21(20)29-4-2;1-3-28-20-11-7-6-10-19(20)26-21(16-25-14-12-24(2)13-15-25)23-18-9-5-4-8-17(18)22(26)27;1-2-28-20-11-6-5-10-19(20)26-21(16-25-14-7-12-23-13-15-25)24-18-9-4-3-8-17(18)22(26)27/h4-11,18,29H,3,12-17H2,1-2H3;5-12H,3-4,13-17H2,1-2H3;4-11H,3,12-16H2,1-2H3;3-6,8-11,23H,2,7,12-16H2,1H3. The second-order valence-corrected chi connectivity index (χ2v) is 29.2. The van der Waals surface area contributed by atoms with Crippen molar-refractivity contribution in [2.45, 2.75) is 73.6 Å². The fraction of sp³-hybridized carbons (Fsp3) is 0.385. The van der Waals surface area contributed by atoms with E-state index in [1.165, 1.54) is 0 Å². The Bertz CT molecular complexity index is 5510. The quantitative estimate of drug-likeness (QED) is 0.0606. The SMILES string of the molecule is CCOc1ccccc1-n1c(C(C)N2CCN(CCO)CC2)nc2ccccc2c1=O.CCOc1ccccc1-n1c(CN2CCCNCC2)nc2ccccc2c1=O.CCOc1ccccc1-n1c(CN2CCN(C)CC2)nc2ccccc2c1=O.CCOc1ccccc1-n1c(CN2CCN(CC)CC2)nc2ccccc2c1=O. The molecule has 8 aromatic carbocycles. The molecule has 4 aromatic heterocycles. The van der Waals surface area contributed by atoms with Crippen molar-refractivity contribution in [3.63, 3.8) is 0 Å². The summed E-state index contributed by atoms with van der Waals surface area (Å²) < 4.78 is 30.2. The first-order valence-electron chi connectivity index (χ1n) is 41.1. The maximum atomic E-state index is 13.6. The van der Waals surface area contributed by atoms with Crippen LogP contribution in [-0.2, 0) is 19.6 Å². The van der Waals surface area contributed by atoms with Gasteiger partial charge in [-0.05, 0) is 165 Å². The minimum absolute atomic E-state index is 0.0510. The molecule has 0 aliphatic carbocycles. The summed E-state index contributed by atoms with van der Waals surface area (Å²) in [5.41, 5.74) is 5.64. The molecule has 4 fully saturated rings. The van der Waals surface area contributed by atoms with Gasteiger partial charge < -0.3 is 39.2 Å². The lowest BCUT2D eigenvalue weighted by Crippen LogP contribution is -2.48. The Morgan fingerprint density at radius 3 is 1.06 bits per heavy atom. The Balaban J connectivity index is 0.000000135. The zero-order valence-corrected chi connectivity index (χ0v) is 68.1. The summed E-state index contributed by atoms with van der Waals surface area (Å²) in [7, 11) is 2.14. The van der Waals surface area contributed by atoms with Crippen LogP contribution in [0.1, 0.15) is 77.3 Å². The summed E-state index contributed by atoms with van der Waals surface area (Å²) in [6, 6.07) is 60.8. The van der Waals surface area contributed by atoms with Gasteiger partial charge in [0.2, 0.25) is 0 Å². The molecule has 25 nitrogen and oxygen atoms in total. The number of aliphatic hydroxyl groups is 1. The van der Waals surface area contributed by atoms with E-state index in [0.717, 1.165) is 169 Å². The number of hydrogen-bond donors (Lipinski definition) is 2. The number of β-amino-alcohol motifs (C(OH)–C–C–N with tert-alkyl or cyclic N) is 1. The van der Waals surface area contributed by atoms with Gasteiger partial charge in [-0.1, -0.05) is 104 Å². The molecular formula is C91H110N16O9. The van der Waals surface area contributed by atoms with E-state index in [2.05, 4.69) is 60.5 Å². The second-order valence-electron chi connectivity index (χ2n) is 29.2. The smallest absolute Gasteiger partial charge is 0.266 e. The molecule has 1 unspecified atom stereocenters. The maximum Gasteiger partial charge on any atom is 0.266 e. The molecule has 608 valence electrons. The predicted molar refractivity (Wildman–Crippen MR) is 460 cm³/mol. The van der Waals surface area contributed by atoms with E-state index in [0.29, 0.717) is 114 Å². The average molecular weight is 1570 g/mol. The van der Waals surface area contributed by atoms with E-state index >= 15 is 0 Å². The summed E-state index contributed by atoms with van der Waals surface area (Å²) in [5.74, 6) is 5.74. The van der Waals surface area contributed by atoms with E-state index in [1.54, 1.807) is 18.3 Å². The normalized spacial score (nSPS) is 15.9. The highest BCUT2D eigenvalue weighted by Gasteiger charge is 2.29. The van der Waals surface area contributed by atoms with Crippen LogP contribution < -0.4 is 46.5 Å². The van der Waals surface area contributed by atoms with Crippen LogP contribution in [0.2, 0.25) is 0 Å². The molecule has 4 saturated heterocycles. The number of rotatable bonds is 23. The van der Waals surface area contributed by atoms with Gasteiger partial charge in [0.25, 0.3) is 22.2 Å². The van der Waals surface area contributed by atoms with Crippen LogP contribution in [0, 0.1) is 0 Å². The van der Waals surface area contributed by atoms with Gasteiger partial charge in [0.05, 0.1) is 125 Å². The van der Waals surface area contributed by atoms with Crippen LogP contribution in [0.5, 0.6) is 23.0 Å². The molecule has 0 bridgehead atoms. The van der Waals surface area contributed by atoms with E-state index in [1.807, 2.05) is 222 Å². The molecule has 1 atom stereocenters. The summed E-state index contributed by atoms with van der Waals surface area (Å²) in [4.78, 5) is 90.1. The van der Waals surface area contributed by atoms with Gasteiger partial charge >= 0.3 is 0 Å². The number of benzene rings is 8. The van der Waals surface area contributed by atoms with E-state index in [4.69, 9.17) is 38.9 Å². The predicted octanol–water partition coefficient (Wildman–Crippen LogP) is 10.5. The van der Waals surface area contributed by atoms with E-state index < -0.39 is 0 Å². The molecule has 12 aromatic rings. The van der Waals surface area contributed by atoms with E-state index in [9.17, 15) is 24.3 Å². The summed E-state index contributed by atoms with van der Waals surface area (Å²) >= 11 is 0. The van der Waals surface area contributed by atoms with Crippen LogP contribution in [0.15, 0.2) is 213 Å². The molecular weight excluding hydrogens is 1460 g/mol. The largest absolute Gasteiger partial charge is 0.492 e. The molecule has 4 aliphatic rings. The van der Waals surface area contributed by atoms with E-state index in [-0.39, 0.29) is 34.9 Å². The zero-order valence-electron chi connectivity index (χ0n) is 68.1. The molecule has 0 saturated carbocycles. The van der Waals surface area contributed by atoms with Crippen LogP contribution in [-0.4, -0.2) is 235 Å². The van der Waals surface area contributed by atoms with Gasteiger partial charge in [-0.25, -0.2) is 19.9 Å². The number of likely N-dealkylation sites (N-methyl/N-ethyl adjacent to an activating group) is 2. The summed E-state index contributed by atoms with van der Waals surface area (Å²) in [6.45, 7) is 33.5. The van der Waals surface area contributed by atoms with Crippen molar-refractivity contribution in [1.82, 2.24) is 77.8 Å². The van der Waals surface area contributed by atoms with Crippen molar-refractivity contribution in [2.75, 3.05) is 158 Å². The van der Waals surface area contributed by atoms with Crippen molar-refractivity contribution in [1.29, 1.82) is 0 Å². The highest BCUT2D eigenvalue weighted by Crippen LogP contribution is 2.31. The van der Waals surface area contributed by atoms with Crippen molar-refractivity contribution >= 4 is 43.6 Å². The molecule has 0 spiro atoms. The molecule has 8 heterocycles. The highest BCUT2D eigenvalue weighted by molar-refractivity contribution is 5.81. The number of aliphatic hydroxyl groups excluding tert-OH is 1.